The molecule has 1 aliphatic carbocycles. The van der Waals surface area contributed by atoms with Gasteiger partial charge in [-0.3, -0.25) is 4.39 Å². The number of rotatable bonds is 8. The van der Waals surface area contributed by atoms with E-state index in [1.54, 1.807) is 12.1 Å². The molecule has 0 radical (unpaired) electrons. The van der Waals surface area contributed by atoms with E-state index in [9.17, 15) is 14.3 Å². The Bertz CT molecular complexity index is 1360. The summed E-state index contributed by atoms with van der Waals surface area (Å²) in [7, 11) is 0. The standard InChI is InChI=1S/C33H35F2NO2/c1-21-7-13-28(22(2)17-21)30-6-3-5-25-18-26(33(37)38)12-14-29(25)31(30)23-8-10-24(11-9-23)32(35)27-19-36(20-27)16-4-15-34/h7-14,17-18,27,32H,3-6,15-16,19-20H2,1-2H3,(H,37,38). The van der Waals surface area contributed by atoms with Gasteiger partial charge in [-0.2, -0.15) is 0 Å². The average molecular weight is 516 g/mol. The van der Waals surface area contributed by atoms with Gasteiger partial charge in [-0.05, 0) is 96.2 Å². The summed E-state index contributed by atoms with van der Waals surface area (Å²) in [5, 5.41) is 9.58. The third-order valence-corrected chi connectivity index (χ3v) is 8.03. The number of carbonyl (C=O) groups is 1. The van der Waals surface area contributed by atoms with Crippen LogP contribution < -0.4 is 0 Å². The maximum atomic E-state index is 15.3. The van der Waals surface area contributed by atoms with E-state index in [4.69, 9.17) is 0 Å². The third-order valence-electron chi connectivity index (χ3n) is 8.03. The number of carboxylic acids is 1. The van der Waals surface area contributed by atoms with Crippen molar-refractivity contribution in [1.82, 2.24) is 4.90 Å². The molecule has 0 saturated carbocycles. The Kier molecular flexibility index (Phi) is 7.75. The zero-order valence-corrected chi connectivity index (χ0v) is 22.1. The zero-order chi connectivity index (χ0) is 26.8. The van der Waals surface area contributed by atoms with Crippen molar-refractivity contribution in [2.75, 3.05) is 26.3 Å². The first kappa shape index (κ1) is 26.3. The number of allylic oxidation sites excluding steroid dienone is 1. The lowest BCUT2D eigenvalue weighted by Gasteiger charge is -2.41. The average Bonchev–Trinajstić information content (AvgIpc) is 3.07. The van der Waals surface area contributed by atoms with Crippen LogP contribution in [0.3, 0.4) is 0 Å². The summed E-state index contributed by atoms with van der Waals surface area (Å²) in [6.45, 7) is 5.93. The van der Waals surface area contributed by atoms with Crippen molar-refractivity contribution < 1.29 is 18.7 Å². The lowest BCUT2D eigenvalue weighted by atomic mass is 9.84. The molecule has 198 valence electrons. The maximum Gasteiger partial charge on any atom is 0.335 e. The first-order valence-corrected chi connectivity index (χ1v) is 13.6. The van der Waals surface area contributed by atoms with Crippen LogP contribution in [-0.4, -0.2) is 42.3 Å². The van der Waals surface area contributed by atoms with Gasteiger partial charge in [0.2, 0.25) is 0 Å². The summed E-state index contributed by atoms with van der Waals surface area (Å²) in [4.78, 5) is 13.8. The molecule has 3 aromatic rings. The lowest BCUT2D eigenvalue weighted by Crippen LogP contribution is -2.48. The molecule has 1 heterocycles. The van der Waals surface area contributed by atoms with Gasteiger partial charge in [0, 0.05) is 25.6 Å². The minimum Gasteiger partial charge on any atom is -0.478 e. The van der Waals surface area contributed by atoms with Gasteiger partial charge in [0.05, 0.1) is 12.2 Å². The van der Waals surface area contributed by atoms with Gasteiger partial charge in [0.25, 0.3) is 0 Å². The van der Waals surface area contributed by atoms with E-state index < -0.39 is 12.1 Å². The van der Waals surface area contributed by atoms with Gasteiger partial charge in [-0.25, -0.2) is 9.18 Å². The van der Waals surface area contributed by atoms with Crippen molar-refractivity contribution in [2.24, 2.45) is 5.92 Å². The minimum absolute atomic E-state index is 0.0570. The Labute approximate surface area is 223 Å². The Morgan fingerprint density at radius 3 is 2.42 bits per heavy atom. The van der Waals surface area contributed by atoms with E-state index in [-0.39, 0.29) is 12.6 Å². The zero-order valence-electron chi connectivity index (χ0n) is 22.1. The number of aromatic carboxylic acids is 1. The van der Waals surface area contributed by atoms with E-state index in [1.807, 2.05) is 30.3 Å². The van der Waals surface area contributed by atoms with Crippen LogP contribution in [0.2, 0.25) is 0 Å². The van der Waals surface area contributed by atoms with Crippen molar-refractivity contribution in [3.05, 3.63) is 105 Å². The number of carboxylic acid groups (broad SMARTS) is 1. The predicted molar refractivity (Wildman–Crippen MR) is 149 cm³/mol. The summed E-state index contributed by atoms with van der Waals surface area (Å²) in [5.41, 5.74) is 10.1. The fourth-order valence-corrected chi connectivity index (χ4v) is 6.04. The summed E-state index contributed by atoms with van der Waals surface area (Å²) in [5.74, 6) is -0.978. The van der Waals surface area contributed by atoms with Gasteiger partial charge < -0.3 is 10.0 Å². The van der Waals surface area contributed by atoms with Crippen molar-refractivity contribution in [2.45, 2.75) is 45.7 Å². The highest BCUT2D eigenvalue weighted by Crippen LogP contribution is 2.42. The van der Waals surface area contributed by atoms with Crippen LogP contribution >= 0.6 is 0 Å². The SMILES string of the molecule is Cc1ccc(C2=C(c3ccc(C(F)C4CN(CCCF)C4)cc3)c3ccc(C(=O)O)cc3CCC2)c(C)c1. The van der Waals surface area contributed by atoms with Crippen molar-refractivity contribution in [1.29, 1.82) is 0 Å². The van der Waals surface area contributed by atoms with Crippen LogP contribution in [0.5, 0.6) is 0 Å². The highest BCUT2D eigenvalue weighted by molar-refractivity contribution is 6.01. The van der Waals surface area contributed by atoms with Crippen LogP contribution in [0.4, 0.5) is 8.78 Å². The van der Waals surface area contributed by atoms with E-state index in [0.717, 1.165) is 41.5 Å². The molecule has 1 N–H and O–H groups in total. The van der Waals surface area contributed by atoms with E-state index in [2.05, 4.69) is 36.9 Å². The molecule has 0 bridgehead atoms. The van der Waals surface area contributed by atoms with Crippen LogP contribution in [-0.2, 0) is 6.42 Å². The van der Waals surface area contributed by atoms with Crippen LogP contribution in [0.25, 0.3) is 11.1 Å². The van der Waals surface area contributed by atoms with Crippen molar-refractivity contribution in [3.8, 4) is 0 Å². The Morgan fingerprint density at radius 2 is 1.74 bits per heavy atom. The van der Waals surface area contributed by atoms with Gasteiger partial charge in [0.15, 0.2) is 0 Å². The Balaban J connectivity index is 1.53. The fraction of sp³-hybridized carbons (Fsp3) is 0.364. The second-order valence-electron chi connectivity index (χ2n) is 10.8. The maximum absolute atomic E-state index is 15.3. The largest absolute Gasteiger partial charge is 0.478 e. The number of benzene rings is 3. The first-order valence-electron chi connectivity index (χ1n) is 13.6. The molecule has 1 aliphatic heterocycles. The second-order valence-corrected chi connectivity index (χ2v) is 10.8. The second kappa shape index (κ2) is 11.2. The molecule has 5 rings (SSSR count). The van der Waals surface area contributed by atoms with Crippen LogP contribution in [0, 0.1) is 19.8 Å². The molecule has 38 heavy (non-hydrogen) atoms. The fourth-order valence-electron chi connectivity index (χ4n) is 6.04. The van der Waals surface area contributed by atoms with Gasteiger partial charge in [-0.1, -0.05) is 54.1 Å². The van der Waals surface area contributed by atoms with Crippen molar-refractivity contribution >= 4 is 17.1 Å². The number of nitrogens with zero attached hydrogens (tertiary/aromatic N) is 1. The van der Waals surface area contributed by atoms with Crippen molar-refractivity contribution in [3.63, 3.8) is 0 Å². The molecule has 1 saturated heterocycles. The van der Waals surface area contributed by atoms with E-state index in [1.165, 1.54) is 22.3 Å². The summed E-state index contributed by atoms with van der Waals surface area (Å²) in [6.07, 6.45) is 2.07. The predicted octanol–water partition coefficient (Wildman–Crippen LogP) is 7.60. The number of alkyl halides is 2. The molecule has 0 amide bonds. The molecule has 0 spiro atoms. The van der Waals surface area contributed by atoms with Gasteiger partial charge >= 0.3 is 5.97 Å². The van der Waals surface area contributed by atoms with Crippen LogP contribution in [0.15, 0.2) is 60.7 Å². The molecule has 1 unspecified atom stereocenters. The molecule has 2 aliphatic rings. The number of halogens is 2. The minimum atomic E-state index is -1.04. The number of fused-ring (bicyclic) bond motifs is 1. The Hall–Kier alpha value is -3.31. The molecule has 5 heteroatoms. The topological polar surface area (TPSA) is 40.5 Å². The number of likely N-dealkylation sites (tertiary alicyclic amines) is 1. The van der Waals surface area contributed by atoms with E-state index in [0.29, 0.717) is 37.2 Å². The highest BCUT2D eigenvalue weighted by atomic mass is 19.1. The molecule has 3 aromatic carbocycles. The summed E-state index contributed by atoms with van der Waals surface area (Å²) >= 11 is 0. The number of hydrogen-bond acceptors (Lipinski definition) is 2. The van der Waals surface area contributed by atoms with Crippen LogP contribution in [0.1, 0.15) is 74.7 Å². The summed E-state index contributed by atoms with van der Waals surface area (Å²) < 4.78 is 27.8. The molecular formula is C33H35F2NO2. The summed E-state index contributed by atoms with van der Waals surface area (Å²) in [6, 6.07) is 19.8. The molecule has 0 aromatic heterocycles. The normalized spacial score (nSPS) is 17.1. The Morgan fingerprint density at radius 1 is 1.00 bits per heavy atom. The quantitative estimate of drug-likeness (QED) is 0.336. The molecule has 1 fully saturated rings. The lowest BCUT2D eigenvalue weighted by molar-refractivity contribution is 0.0364. The van der Waals surface area contributed by atoms with E-state index >= 15 is 4.39 Å². The first-order chi connectivity index (χ1) is 18.4. The third kappa shape index (κ3) is 5.30. The number of aryl methyl sites for hydroxylation is 3. The molecule has 1 atom stereocenters. The van der Waals surface area contributed by atoms with Gasteiger partial charge in [0.1, 0.15) is 6.17 Å². The molecule has 3 nitrogen and oxygen atoms in total. The number of hydrogen-bond donors (Lipinski definition) is 1. The molecular weight excluding hydrogens is 480 g/mol. The smallest absolute Gasteiger partial charge is 0.335 e. The highest BCUT2D eigenvalue weighted by Gasteiger charge is 2.34. The van der Waals surface area contributed by atoms with Gasteiger partial charge in [-0.15, -0.1) is 0 Å². The monoisotopic (exact) mass is 515 g/mol.